The molecule has 1 N–H and O–H groups in total. The van der Waals surface area contributed by atoms with Gasteiger partial charge < -0.3 is 15.1 Å². The molecule has 116 valence electrons. The van der Waals surface area contributed by atoms with E-state index >= 15 is 0 Å². The summed E-state index contributed by atoms with van der Waals surface area (Å²) in [7, 11) is 2.15. The standard InChI is InChI=1S/C15H30N4O/c1-3-18-9-4-5-14(18)13-17(2)10-6-15(20)19-11-7-16-8-12-19/h14,16H,3-13H2,1-2H3. The van der Waals surface area contributed by atoms with Crippen molar-refractivity contribution in [2.24, 2.45) is 0 Å². The van der Waals surface area contributed by atoms with Crippen LogP contribution in [0.15, 0.2) is 0 Å². The van der Waals surface area contributed by atoms with Crippen molar-refractivity contribution in [2.45, 2.75) is 32.2 Å². The van der Waals surface area contributed by atoms with E-state index in [2.05, 4.69) is 29.1 Å². The minimum Gasteiger partial charge on any atom is -0.340 e. The molecule has 2 heterocycles. The number of likely N-dealkylation sites (tertiary alicyclic amines) is 1. The van der Waals surface area contributed by atoms with Crippen LogP contribution in [0.2, 0.25) is 0 Å². The first-order valence-electron chi connectivity index (χ1n) is 8.11. The summed E-state index contributed by atoms with van der Waals surface area (Å²) in [6.07, 6.45) is 3.30. The molecule has 1 atom stereocenters. The lowest BCUT2D eigenvalue weighted by molar-refractivity contribution is -0.132. The number of nitrogens with zero attached hydrogens (tertiary/aromatic N) is 3. The molecule has 0 aromatic rings. The van der Waals surface area contributed by atoms with E-state index in [9.17, 15) is 4.79 Å². The molecule has 2 aliphatic heterocycles. The summed E-state index contributed by atoms with van der Waals surface area (Å²) in [4.78, 5) is 19.0. The maximum absolute atomic E-state index is 12.1. The normalized spacial score (nSPS) is 24.6. The first-order chi connectivity index (χ1) is 9.70. The Hall–Kier alpha value is -0.650. The van der Waals surface area contributed by atoms with E-state index in [-0.39, 0.29) is 0 Å². The van der Waals surface area contributed by atoms with Crippen LogP contribution in [0.5, 0.6) is 0 Å². The molecule has 0 radical (unpaired) electrons. The summed E-state index contributed by atoms with van der Waals surface area (Å²) in [5, 5.41) is 3.28. The third-order valence-corrected chi connectivity index (χ3v) is 4.60. The van der Waals surface area contributed by atoms with Crippen LogP contribution in [-0.2, 0) is 4.79 Å². The highest BCUT2D eigenvalue weighted by Gasteiger charge is 2.24. The van der Waals surface area contributed by atoms with Gasteiger partial charge in [0.05, 0.1) is 0 Å². The lowest BCUT2D eigenvalue weighted by Crippen LogP contribution is -2.47. The van der Waals surface area contributed by atoms with Crippen molar-refractivity contribution in [3.05, 3.63) is 0 Å². The minimum absolute atomic E-state index is 0.317. The molecule has 2 rings (SSSR count). The predicted octanol–water partition coefficient (Wildman–Crippen LogP) is 0.224. The number of amides is 1. The summed E-state index contributed by atoms with van der Waals surface area (Å²) >= 11 is 0. The fourth-order valence-electron chi connectivity index (χ4n) is 3.33. The SMILES string of the molecule is CCN1CCCC1CN(C)CCC(=O)N1CCNCC1. The van der Waals surface area contributed by atoms with Crippen molar-refractivity contribution in [1.82, 2.24) is 20.0 Å². The third-order valence-electron chi connectivity index (χ3n) is 4.60. The van der Waals surface area contributed by atoms with Gasteiger partial charge in [-0.1, -0.05) is 6.92 Å². The number of hydrogen-bond donors (Lipinski definition) is 1. The summed E-state index contributed by atoms with van der Waals surface area (Å²) < 4.78 is 0. The maximum Gasteiger partial charge on any atom is 0.223 e. The first-order valence-corrected chi connectivity index (χ1v) is 8.11. The van der Waals surface area contributed by atoms with Gasteiger partial charge in [0.1, 0.15) is 0 Å². The average molecular weight is 282 g/mol. The van der Waals surface area contributed by atoms with Crippen LogP contribution in [0.3, 0.4) is 0 Å². The predicted molar refractivity (Wildman–Crippen MR) is 81.8 cm³/mol. The summed E-state index contributed by atoms with van der Waals surface area (Å²) in [5.74, 6) is 0.317. The van der Waals surface area contributed by atoms with Gasteiger partial charge in [0, 0.05) is 51.7 Å². The molecule has 5 nitrogen and oxygen atoms in total. The molecule has 0 aromatic carbocycles. The van der Waals surface area contributed by atoms with Crippen LogP contribution in [0.4, 0.5) is 0 Å². The number of hydrogen-bond acceptors (Lipinski definition) is 4. The molecule has 0 aliphatic carbocycles. The molecule has 2 aliphatic rings. The lowest BCUT2D eigenvalue weighted by Gasteiger charge is -2.30. The highest BCUT2D eigenvalue weighted by atomic mass is 16.2. The molecule has 0 saturated carbocycles. The van der Waals surface area contributed by atoms with Gasteiger partial charge in [-0.2, -0.15) is 0 Å². The van der Waals surface area contributed by atoms with Crippen molar-refractivity contribution in [3.8, 4) is 0 Å². The van der Waals surface area contributed by atoms with Crippen LogP contribution < -0.4 is 5.32 Å². The number of carbonyl (C=O) groups excluding carboxylic acids is 1. The van der Waals surface area contributed by atoms with E-state index in [0.717, 1.165) is 45.8 Å². The Balaban J connectivity index is 1.66. The summed E-state index contributed by atoms with van der Waals surface area (Å²) in [6, 6.07) is 0.694. The molecule has 2 saturated heterocycles. The molecular formula is C15H30N4O. The van der Waals surface area contributed by atoms with Crippen molar-refractivity contribution in [1.29, 1.82) is 0 Å². The third kappa shape index (κ3) is 4.43. The molecule has 0 aromatic heterocycles. The van der Waals surface area contributed by atoms with Crippen molar-refractivity contribution < 1.29 is 4.79 Å². The number of carbonyl (C=O) groups is 1. The quantitative estimate of drug-likeness (QED) is 0.757. The molecule has 5 heteroatoms. The van der Waals surface area contributed by atoms with Gasteiger partial charge in [-0.25, -0.2) is 0 Å². The number of likely N-dealkylation sites (N-methyl/N-ethyl adjacent to an activating group) is 2. The summed E-state index contributed by atoms with van der Waals surface area (Å²) in [5.41, 5.74) is 0. The molecule has 0 spiro atoms. The maximum atomic E-state index is 12.1. The second kappa shape index (κ2) is 7.96. The van der Waals surface area contributed by atoms with E-state index in [1.165, 1.54) is 19.4 Å². The average Bonchev–Trinajstić information content (AvgIpc) is 2.92. The fourth-order valence-corrected chi connectivity index (χ4v) is 3.33. The number of nitrogens with one attached hydrogen (secondary N) is 1. The monoisotopic (exact) mass is 282 g/mol. The summed E-state index contributed by atoms with van der Waals surface area (Å²) in [6.45, 7) is 10.2. The topological polar surface area (TPSA) is 38.8 Å². The Morgan fingerprint density at radius 3 is 2.75 bits per heavy atom. The van der Waals surface area contributed by atoms with Gasteiger partial charge in [-0.3, -0.25) is 9.69 Å². The second-order valence-electron chi connectivity index (χ2n) is 6.07. The van der Waals surface area contributed by atoms with E-state index in [0.29, 0.717) is 18.4 Å². The Labute approximate surface area is 123 Å². The van der Waals surface area contributed by atoms with E-state index in [4.69, 9.17) is 0 Å². The Morgan fingerprint density at radius 2 is 2.05 bits per heavy atom. The number of rotatable bonds is 6. The molecule has 1 unspecified atom stereocenters. The van der Waals surface area contributed by atoms with Gasteiger partial charge in [0.25, 0.3) is 0 Å². The first kappa shape index (κ1) is 15.7. The van der Waals surface area contributed by atoms with E-state index in [1.54, 1.807) is 0 Å². The molecule has 1 amide bonds. The zero-order valence-corrected chi connectivity index (χ0v) is 13.1. The van der Waals surface area contributed by atoms with E-state index < -0.39 is 0 Å². The highest BCUT2D eigenvalue weighted by Crippen LogP contribution is 2.17. The van der Waals surface area contributed by atoms with Crippen molar-refractivity contribution in [2.75, 3.05) is 59.4 Å². The van der Waals surface area contributed by atoms with Gasteiger partial charge in [-0.15, -0.1) is 0 Å². The lowest BCUT2D eigenvalue weighted by atomic mass is 10.2. The van der Waals surface area contributed by atoms with Gasteiger partial charge >= 0.3 is 0 Å². The number of piperazine rings is 1. The Morgan fingerprint density at radius 1 is 1.30 bits per heavy atom. The van der Waals surface area contributed by atoms with Gasteiger partial charge in [-0.05, 0) is 33.0 Å². The molecule has 0 bridgehead atoms. The zero-order valence-electron chi connectivity index (χ0n) is 13.1. The van der Waals surface area contributed by atoms with Crippen LogP contribution in [0.1, 0.15) is 26.2 Å². The van der Waals surface area contributed by atoms with Crippen LogP contribution in [0, 0.1) is 0 Å². The van der Waals surface area contributed by atoms with Crippen molar-refractivity contribution >= 4 is 5.91 Å². The minimum atomic E-state index is 0.317. The molecule has 20 heavy (non-hydrogen) atoms. The van der Waals surface area contributed by atoms with Crippen LogP contribution >= 0.6 is 0 Å². The zero-order chi connectivity index (χ0) is 14.4. The molecule has 2 fully saturated rings. The fraction of sp³-hybridized carbons (Fsp3) is 0.933. The highest BCUT2D eigenvalue weighted by molar-refractivity contribution is 5.76. The van der Waals surface area contributed by atoms with Crippen molar-refractivity contribution in [3.63, 3.8) is 0 Å². The Bertz CT molecular complexity index is 304. The van der Waals surface area contributed by atoms with Crippen LogP contribution in [0.25, 0.3) is 0 Å². The smallest absolute Gasteiger partial charge is 0.223 e. The van der Waals surface area contributed by atoms with Crippen LogP contribution in [-0.4, -0.2) is 86.1 Å². The van der Waals surface area contributed by atoms with E-state index in [1.807, 2.05) is 4.90 Å². The van der Waals surface area contributed by atoms with Gasteiger partial charge in [0.15, 0.2) is 0 Å². The van der Waals surface area contributed by atoms with Gasteiger partial charge in [0.2, 0.25) is 5.91 Å². The molecular weight excluding hydrogens is 252 g/mol. The largest absolute Gasteiger partial charge is 0.340 e. The Kier molecular flexibility index (Phi) is 6.26. The second-order valence-corrected chi connectivity index (χ2v) is 6.07.